The van der Waals surface area contributed by atoms with Crippen LogP contribution in [0.3, 0.4) is 0 Å². The number of amides is 2. The van der Waals surface area contributed by atoms with Crippen molar-refractivity contribution in [1.29, 1.82) is 0 Å². The number of nitrogens with one attached hydrogen (secondary N) is 1. The molecule has 1 aromatic carbocycles. The fourth-order valence-electron chi connectivity index (χ4n) is 3.71. The van der Waals surface area contributed by atoms with Crippen LogP contribution in [0, 0.1) is 11.8 Å². The van der Waals surface area contributed by atoms with Crippen LogP contribution in [0.1, 0.15) is 24.8 Å². The average molecular weight is 337 g/mol. The van der Waals surface area contributed by atoms with Crippen LogP contribution in [0.4, 0.5) is 0 Å². The summed E-state index contributed by atoms with van der Waals surface area (Å²) in [7, 11) is 1.83. The number of nitrogens with zero attached hydrogens (tertiary/aromatic N) is 1. The number of carbonyl (C=O) groups excluding carboxylic acids is 2. The molecule has 1 saturated heterocycles. The minimum Gasteiger partial charge on any atom is -0.506 e. The van der Waals surface area contributed by atoms with Crippen molar-refractivity contribution >= 4 is 23.4 Å². The fourth-order valence-corrected chi connectivity index (χ4v) is 3.92. The highest BCUT2D eigenvalue weighted by molar-refractivity contribution is 6.32. The van der Waals surface area contributed by atoms with Gasteiger partial charge in [-0.1, -0.05) is 17.7 Å². The monoisotopic (exact) mass is 336 g/mol. The highest BCUT2D eigenvalue weighted by Crippen LogP contribution is 2.38. The van der Waals surface area contributed by atoms with E-state index in [4.69, 9.17) is 11.6 Å². The quantitative estimate of drug-likeness (QED) is 0.886. The van der Waals surface area contributed by atoms with Gasteiger partial charge in [-0.15, -0.1) is 0 Å². The summed E-state index contributed by atoms with van der Waals surface area (Å²) in [6.45, 7) is 0.732. The minimum absolute atomic E-state index is 0.0215. The second kappa shape index (κ2) is 6.40. The molecule has 0 radical (unpaired) electrons. The molecular weight excluding hydrogens is 316 g/mol. The molecule has 0 spiro atoms. The van der Waals surface area contributed by atoms with Crippen LogP contribution in [0.25, 0.3) is 0 Å². The average Bonchev–Trinajstić information content (AvgIpc) is 2.93. The maximum absolute atomic E-state index is 12.5. The van der Waals surface area contributed by atoms with Crippen LogP contribution < -0.4 is 5.32 Å². The van der Waals surface area contributed by atoms with E-state index in [1.807, 2.05) is 11.9 Å². The van der Waals surface area contributed by atoms with Crippen LogP contribution in [0.2, 0.25) is 5.02 Å². The number of hydrogen-bond donors (Lipinski definition) is 2. The molecule has 23 heavy (non-hydrogen) atoms. The molecule has 3 rings (SSSR count). The molecule has 0 aromatic heterocycles. The summed E-state index contributed by atoms with van der Waals surface area (Å²) in [6, 6.07) is 5.04. The lowest BCUT2D eigenvalue weighted by atomic mass is 9.89. The Morgan fingerprint density at radius 3 is 2.87 bits per heavy atom. The molecule has 3 atom stereocenters. The van der Waals surface area contributed by atoms with Gasteiger partial charge in [-0.05, 0) is 42.4 Å². The molecule has 1 aliphatic heterocycles. The van der Waals surface area contributed by atoms with Crippen molar-refractivity contribution in [2.45, 2.75) is 31.7 Å². The largest absolute Gasteiger partial charge is 0.506 e. The summed E-state index contributed by atoms with van der Waals surface area (Å²) in [6.07, 6.45) is 2.69. The first-order valence-electron chi connectivity index (χ1n) is 7.93. The van der Waals surface area contributed by atoms with Crippen molar-refractivity contribution in [2.75, 3.05) is 13.6 Å². The standard InChI is InChI=1S/C17H21ClN2O3/c1-20(13-6-11-8-16(22)19-9-12(11)7-13)17(23)5-10-2-3-15(21)14(18)4-10/h2-4,11-13,21H,5-9H2,1H3,(H,19,22)/t11-,12+,13-/m1/s1. The van der Waals surface area contributed by atoms with Gasteiger partial charge in [0.2, 0.25) is 11.8 Å². The predicted molar refractivity (Wildman–Crippen MR) is 87.2 cm³/mol. The molecule has 1 aromatic rings. The zero-order chi connectivity index (χ0) is 16.6. The summed E-state index contributed by atoms with van der Waals surface area (Å²) in [5.74, 6) is 1.06. The number of phenolic OH excluding ortho intramolecular Hbond substituents is 1. The van der Waals surface area contributed by atoms with Crippen molar-refractivity contribution in [2.24, 2.45) is 11.8 Å². The molecule has 5 nitrogen and oxygen atoms in total. The highest BCUT2D eigenvalue weighted by Gasteiger charge is 2.40. The Morgan fingerprint density at radius 1 is 1.39 bits per heavy atom. The molecule has 0 bridgehead atoms. The number of hydrogen-bond acceptors (Lipinski definition) is 3. The Labute approximate surface area is 140 Å². The Morgan fingerprint density at radius 2 is 2.13 bits per heavy atom. The smallest absolute Gasteiger partial charge is 0.226 e. The predicted octanol–water partition coefficient (Wildman–Crippen LogP) is 1.96. The van der Waals surface area contributed by atoms with Crippen molar-refractivity contribution in [3.8, 4) is 5.75 Å². The van der Waals surface area contributed by atoms with Crippen molar-refractivity contribution < 1.29 is 14.7 Å². The first kappa shape index (κ1) is 16.1. The molecule has 1 heterocycles. The molecule has 1 aliphatic carbocycles. The topological polar surface area (TPSA) is 69.6 Å². The number of piperidine rings is 1. The van der Waals surface area contributed by atoms with Gasteiger partial charge in [-0.3, -0.25) is 9.59 Å². The lowest BCUT2D eigenvalue weighted by Crippen LogP contribution is -2.38. The van der Waals surface area contributed by atoms with E-state index in [9.17, 15) is 14.7 Å². The van der Waals surface area contributed by atoms with Gasteiger partial charge >= 0.3 is 0 Å². The molecule has 2 aliphatic rings. The number of rotatable bonds is 3. The van der Waals surface area contributed by atoms with Gasteiger partial charge in [-0.25, -0.2) is 0 Å². The Hall–Kier alpha value is -1.75. The fraction of sp³-hybridized carbons (Fsp3) is 0.529. The van der Waals surface area contributed by atoms with E-state index in [0.717, 1.165) is 24.9 Å². The van der Waals surface area contributed by atoms with Gasteiger partial charge in [0, 0.05) is 26.1 Å². The van der Waals surface area contributed by atoms with Crippen molar-refractivity contribution in [3.63, 3.8) is 0 Å². The number of aromatic hydroxyl groups is 1. The van der Waals surface area contributed by atoms with Crippen LogP contribution in [-0.2, 0) is 16.0 Å². The minimum atomic E-state index is 0.0215. The van der Waals surface area contributed by atoms with Crippen LogP contribution in [0.15, 0.2) is 18.2 Å². The van der Waals surface area contributed by atoms with Crippen LogP contribution >= 0.6 is 11.6 Å². The molecule has 2 N–H and O–H groups in total. The van der Waals surface area contributed by atoms with Crippen molar-refractivity contribution in [3.05, 3.63) is 28.8 Å². The summed E-state index contributed by atoms with van der Waals surface area (Å²) in [5, 5.41) is 12.6. The molecule has 2 amide bonds. The Balaban J connectivity index is 1.61. The van der Waals surface area contributed by atoms with E-state index in [1.165, 1.54) is 6.07 Å². The van der Waals surface area contributed by atoms with E-state index in [1.54, 1.807) is 12.1 Å². The lowest BCUT2D eigenvalue weighted by molar-refractivity contribution is -0.131. The Kier molecular flexibility index (Phi) is 4.48. The first-order chi connectivity index (χ1) is 10.9. The van der Waals surface area contributed by atoms with E-state index in [2.05, 4.69) is 5.32 Å². The zero-order valence-corrected chi connectivity index (χ0v) is 13.8. The molecule has 2 fully saturated rings. The van der Waals surface area contributed by atoms with Crippen LogP contribution in [-0.4, -0.2) is 41.5 Å². The van der Waals surface area contributed by atoms with Gasteiger partial charge in [-0.2, -0.15) is 0 Å². The number of halogens is 1. The Bertz CT molecular complexity index is 634. The second-order valence-corrected chi connectivity index (χ2v) is 7.03. The summed E-state index contributed by atoms with van der Waals surface area (Å²) >= 11 is 5.89. The normalized spacial score (nSPS) is 26.5. The lowest BCUT2D eigenvalue weighted by Gasteiger charge is -2.25. The van der Waals surface area contributed by atoms with Gasteiger partial charge in [0.1, 0.15) is 5.75 Å². The van der Waals surface area contributed by atoms with E-state index >= 15 is 0 Å². The molecule has 1 saturated carbocycles. The number of likely N-dealkylation sites (N-methyl/N-ethyl adjacent to an activating group) is 1. The third-order valence-electron chi connectivity index (χ3n) is 5.13. The van der Waals surface area contributed by atoms with Crippen LogP contribution in [0.5, 0.6) is 5.75 Å². The summed E-state index contributed by atoms with van der Waals surface area (Å²) < 4.78 is 0. The highest BCUT2D eigenvalue weighted by atomic mass is 35.5. The van der Waals surface area contributed by atoms with Gasteiger partial charge in [0.25, 0.3) is 0 Å². The number of fused-ring (bicyclic) bond motifs is 1. The van der Waals surface area contributed by atoms with Gasteiger partial charge in [0.05, 0.1) is 11.4 Å². The van der Waals surface area contributed by atoms with Gasteiger partial charge < -0.3 is 15.3 Å². The molecular formula is C17H21ClN2O3. The maximum Gasteiger partial charge on any atom is 0.226 e. The molecule has 124 valence electrons. The molecule has 6 heteroatoms. The van der Waals surface area contributed by atoms with Gasteiger partial charge in [0.15, 0.2) is 0 Å². The number of carbonyl (C=O) groups is 2. The third kappa shape index (κ3) is 3.44. The van der Waals surface area contributed by atoms with E-state index in [-0.39, 0.29) is 35.0 Å². The SMILES string of the molecule is CN(C(=O)Cc1ccc(O)c(Cl)c1)[C@H]1C[C@H]2CNC(=O)C[C@H]2C1. The molecule has 0 unspecified atom stereocenters. The summed E-state index contributed by atoms with van der Waals surface area (Å²) in [4.78, 5) is 25.8. The number of phenols is 1. The van der Waals surface area contributed by atoms with Crippen molar-refractivity contribution in [1.82, 2.24) is 10.2 Å². The summed E-state index contributed by atoms with van der Waals surface area (Å²) in [5.41, 5.74) is 0.789. The van der Waals surface area contributed by atoms with E-state index < -0.39 is 0 Å². The third-order valence-corrected chi connectivity index (χ3v) is 5.44. The second-order valence-electron chi connectivity index (χ2n) is 6.62. The van der Waals surface area contributed by atoms with E-state index in [0.29, 0.717) is 18.3 Å². The maximum atomic E-state index is 12.5. The zero-order valence-electron chi connectivity index (χ0n) is 13.1. The number of benzene rings is 1. The first-order valence-corrected chi connectivity index (χ1v) is 8.31.